The van der Waals surface area contributed by atoms with E-state index in [9.17, 15) is 0 Å². The van der Waals surface area contributed by atoms with E-state index >= 15 is 4.39 Å². The third-order valence-electron chi connectivity index (χ3n) is 7.50. The molecule has 0 fully saturated rings. The summed E-state index contributed by atoms with van der Waals surface area (Å²) in [6.07, 6.45) is 3.05. The van der Waals surface area contributed by atoms with E-state index < -0.39 is 0 Å². The van der Waals surface area contributed by atoms with Gasteiger partial charge in [-0.1, -0.05) is 54.6 Å². The highest BCUT2D eigenvalue weighted by Crippen LogP contribution is 2.47. The van der Waals surface area contributed by atoms with Crippen LogP contribution in [-0.4, -0.2) is 0 Å². The molecule has 6 aromatic rings. The van der Waals surface area contributed by atoms with Gasteiger partial charge in [-0.15, -0.1) is 11.8 Å². The summed E-state index contributed by atoms with van der Waals surface area (Å²) in [5, 5.41) is 2.31. The summed E-state index contributed by atoms with van der Waals surface area (Å²) >= 11 is 1.91. The maximum Gasteiger partial charge on any atom is 0.216 e. The Kier molecular flexibility index (Phi) is 5.19. The van der Waals surface area contributed by atoms with Crippen molar-refractivity contribution in [2.45, 2.75) is 23.5 Å². The van der Waals surface area contributed by atoms with Crippen LogP contribution in [0.5, 0.6) is 0 Å². The van der Waals surface area contributed by atoms with Crippen molar-refractivity contribution in [3.8, 4) is 22.4 Å². The number of hydrogen-bond donors (Lipinski definition) is 0. The lowest BCUT2D eigenvalue weighted by molar-refractivity contribution is -0.660. The molecule has 180 valence electrons. The first-order valence-electron chi connectivity index (χ1n) is 12.5. The fourth-order valence-electron chi connectivity index (χ4n) is 5.58. The largest absolute Gasteiger partial charge is 0.454 e. The molecule has 1 unspecified atom stereocenters. The maximum absolute atomic E-state index is 15.4. The van der Waals surface area contributed by atoms with Gasteiger partial charge in [0.05, 0.1) is 11.1 Å². The van der Waals surface area contributed by atoms with Crippen molar-refractivity contribution in [3.05, 3.63) is 120 Å². The lowest BCUT2D eigenvalue weighted by Gasteiger charge is -2.11. The van der Waals surface area contributed by atoms with Crippen LogP contribution in [0.1, 0.15) is 21.9 Å². The number of benzene rings is 4. The van der Waals surface area contributed by atoms with Gasteiger partial charge in [0.25, 0.3) is 0 Å². The van der Waals surface area contributed by atoms with E-state index in [1.54, 1.807) is 6.07 Å². The molecule has 0 bridgehead atoms. The standard InChI is InChI=1S/C33H25FNOS/c1-20-10-15-24-25-16-17-26(34)31(33(25)36-32(24)30(20)27-8-5-6-18-35(27)2)22-13-11-21(12-14-22)29-19-23-7-3-4-9-28(23)37-29/h3-18,29H,19H2,1-2H3/q+1. The molecule has 4 aromatic carbocycles. The van der Waals surface area contributed by atoms with Crippen molar-refractivity contribution < 1.29 is 13.4 Å². The number of rotatable bonds is 3. The van der Waals surface area contributed by atoms with Crippen LogP contribution in [0.25, 0.3) is 44.3 Å². The zero-order valence-corrected chi connectivity index (χ0v) is 21.5. The van der Waals surface area contributed by atoms with Crippen LogP contribution in [0.3, 0.4) is 0 Å². The fourth-order valence-corrected chi connectivity index (χ4v) is 6.90. The normalized spacial score (nSPS) is 14.9. The summed E-state index contributed by atoms with van der Waals surface area (Å²) in [6, 6.07) is 30.7. The van der Waals surface area contributed by atoms with Crippen molar-refractivity contribution in [1.82, 2.24) is 0 Å². The number of hydrogen-bond acceptors (Lipinski definition) is 2. The predicted octanol–water partition coefficient (Wildman–Crippen LogP) is 8.58. The molecule has 0 saturated carbocycles. The summed E-state index contributed by atoms with van der Waals surface area (Å²) < 4.78 is 24.1. The Hall–Kier alpha value is -3.89. The first kappa shape index (κ1) is 22.3. The Morgan fingerprint density at radius 3 is 2.32 bits per heavy atom. The Bertz CT molecular complexity index is 1790. The lowest BCUT2D eigenvalue weighted by atomic mass is 9.97. The van der Waals surface area contributed by atoms with Gasteiger partial charge in [-0.3, -0.25) is 0 Å². The molecule has 0 amide bonds. The summed E-state index contributed by atoms with van der Waals surface area (Å²) in [7, 11) is 2.03. The molecule has 37 heavy (non-hydrogen) atoms. The van der Waals surface area contributed by atoms with Crippen LogP contribution in [0.4, 0.5) is 4.39 Å². The van der Waals surface area contributed by atoms with E-state index in [1.165, 1.54) is 16.0 Å². The van der Waals surface area contributed by atoms with Crippen LogP contribution < -0.4 is 4.57 Å². The Balaban J connectivity index is 1.36. The van der Waals surface area contributed by atoms with Crippen LogP contribution >= 0.6 is 11.8 Å². The summed E-state index contributed by atoms with van der Waals surface area (Å²) in [5.41, 5.74) is 8.61. The Morgan fingerprint density at radius 1 is 0.811 bits per heavy atom. The second-order valence-electron chi connectivity index (χ2n) is 9.77. The molecular weight excluding hydrogens is 477 g/mol. The zero-order valence-electron chi connectivity index (χ0n) is 20.7. The lowest BCUT2D eigenvalue weighted by Crippen LogP contribution is -2.30. The molecular formula is C33H25FNOS+. The molecule has 1 aliphatic rings. The minimum Gasteiger partial charge on any atom is -0.454 e. The van der Waals surface area contributed by atoms with Crippen molar-refractivity contribution in [1.29, 1.82) is 0 Å². The molecule has 7 rings (SSSR count). The van der Waals surface area contributed by atoms with E-state index in [0.29, 0.717) is 16.4 Å². The van der Waals surface area contributed by atoms with Gasteiger partial charge in [-0.05, 0) is 59.9 Å². The average molecular weight is 503 g/mol. The minimum absolute atomic E-state index is 0.273. The van der Waals surface area contributed by atoms with Gasteiger partial charge in [-0.25, -0.2) is 8.96 Å². The van der Waals surface area contributed by atoms with Gasteiger partial charge in [0.15, 0.2) is 6.20 Å². The predicted molar refractivity (Wildman–Crippen MR) is 149 cm³/mol. The van der Waals surface area contributed by atoms with Gasteiger partial charge in [0.2, 0.25) is 5.69 Å². The molecule has 0 radical (unpaired) electrons. The number of fused-ring (bicyclic) bond motifs is 4. The van der Waals surface area contributed by atoms with Crippen LogP contribution in [0.2, 0.25) is 0 Å². The smallest absolute Gasteiger partial charge is 0.216 e. The highest BCUT2D eigenvalue weighted by Gasteiger charge is 2.25. The minimum atomic E-state index is -0.273. The molecule has 3 heterocycles. The summed E-state index contributed by atoms with van der Waals surface area (Å²) in [6.45, 7) is 2.09. The number of aryl methyl sites for hydroxylation is 2. The summed E-state index contributed by atoms with van der Waals surface area (Å²) in [4.78, 5) is 1.35. The molecule has 2 aromatic heterocycles. The van der Waals surface area contributed by atoms with Crippen molar-refractivity contribution in [3.63, 3.8) is 0 Å². The molecule has 0 saturated heterocycles. The number of aromatic nitrogens is 1. The van der Waals surface area contributed by atoms with E-state index in [4.69, 9.17) is 4.42 Å². The number of nitrogens with zero attached hydrogens (tertiary/aromatic N) is 1. The zero-order chi connectivity index (χ0) is 25.1. The first-order chi connectivity index (χ1) is 18.1. The third-order valence-corrected chi connectivity index (χ3v) is 8.87. The van der Waals surface area contributed by atoms with Crippen molar-refractivity contribution in [2.75, 3.05) is 0 Å². The van der Waals surface area contributed by atoms with Gasteiger partial charge in [0.1, 0.15) is 24.0 Å². The molecule has 0 N–H and O–H groups in total. The molecule has 0 aliphatic carbocycles. The molecule has 4 heteroatoms. The van der Waals surface area contributed by atoms with E-state index in [2.05, 4.69) is 66.1 Å². The van der Waals surface area contributed by atoms with Crippen LogP contribution in [0.15, 0.2) is 107 Å². The molecule has 1 aliphatic heterocycles. The average Bonchev–Trinajstić information content (AvgIpc) is 3.51. The fraction of sp³-hybridized carbons (Fsp3) is 0.121. The van der Waals surface area contributed by atoms with Gasteiger partial charge >= 0.3 is 0 Å². The second-order valence-corrected chi connectivity index (χ2v) is 11.0. The SMILES string of the molecule is Cc1ccc2c(oc3c(-c4ccc(C5Cc6ccccc6S5)cc4)c(F)ccc32)c1-c1cccc[n+]1C. The quantitative estimate of drug-likeness (QED) is 0.225. The highest BCUT2D eigenvalue weighted by atomic mass is 32.2. The van der Waals surface area contributed by atoms with Gasteiger partial charge < -0.3 is 4.42 Å². The highest BCUT2D eigenvalue weighted by molar-refractivity contribution is 7.99. The number of thioether (sulfide) groups is 1. The maximum atomic E-state index is 15.4. The van der Waals surface area contributed by atoms with Crippen LogP contribution in [0, 0.1) is 12.7 Å². The van der Waals surface area contributed by atoms with Crippen molar-refractivity contribution in [2.24, 2.45) is 7.05 Å². The monoisotopic (exact) mass is 502 g/mol. The van der Waals surface area contributed by atoms with Gasteiger partial charge in [0, 0.05) is 33.1 Å². The number of furan rings is 1. The second kappa shape index (κ2) is 8.60. The third kappa shape index (κ3) is 3.59. The number of halogens is 1. The molecule has 0 spiro atoms. The number of pyridine rings is 1. The molecule has 2 nitrogen and oxygen atoms in total. The van der Waals surface area contributed by atoms with E-state index in [-0.39, 0.29) is 5.82 Å². The van der Waals surface area contributed by atoms with E-state index in [0.717, 1.165) is 45.2 Å². The topological polar surface area (TPSA) is 17.0 Å². The Morgan fingerprint density at radius 2 is 1.54 bits per heavy atom. The van der Waals surface area contributed by atoms with Crippen LogP contribution in [-0.2, 0) is 13.5 Å². The van der Waals surface area contributed by atoms with Gasteiger partial charge in [-0.2, -0.15) is 0 Å². The molecule has 1 atom stereocenters. The first-order valence-corrected chi connectivity index (χ1v) is 13.4. The van der Waals surface area contributed by atoms with E-state index in [1.807, 2.05) is 55.3 Å². The van der Waals surface area contributed by atoms with Crippen molar-refractivity contribution >= 4 is 33.7 Å². The summed E-state index contributed by atoms with van der Waals surface area (Å²) in [5.74, 6) is -0.273. The Labute approximate surface area is 219 Å².